The van der Waals surface area contributed by atoms with Crippen molar-refractivity contribution in [1.29, 1.82) is 0 Å². The Bertz CT molecular complexity index is 138. The number of amides is 2. The zero-order valence-electron chi connectivity index (χ0n) is 11.4. The summed E-state index contributed by atoms with van der Waals surface area (Å²) in [6, 6.07) is 0.0185. The normalized spacial score (nSPS) is 9.33. The van der Waals surface area contributed by atoms with Crippen molar-refractivity contribution in [3.05, 3.63) is 0 Å². The quantitative estimate of drug-likeness (QED) is 0.717. The molecule has 4 nitrogen and oxygen atoms in total. The highest BCUT2D eigenvalue weighted by Crippen LogP contribution is 1.83. The van der Waals surface area contributed by atoms with Gasteiger partial charge in [0.1, 0.15) is 0 Å². The first-order chi connectivity index (χ1) is 6.90. The van der Waals surface area contributed by atoms with Gasteiger partial charge in [0, 0.05) is 28.2 Å². The van der Waals surface area contributed by atoms with Crippen molar-refractivity contribution in [2.45, 2.75) is 20.8 Å². The number of hydrogen-bond donors (Lipinski definition) is 0. The van der Waals surface area contributed by atoms with Gasteiger partial charge in [0.25, 0.3) is 0 Å². The Morgan fingerprint density at radius 3 is 1.07 bits per heavy atom. The molecule has 2 amide bonds. The molecule has 0 fully saturated rings. The topological polar surface area (TPSA) is 26.8 Å². The molecule has 0 N–H and O–H groups in total. The summed E-state index contributed by atoms with van der Waals surface area (Å²) in [6.07, 6.45) is 0. The first-order valence-electron chi connectivity index (χ1n) is 5.51. The molecule has 4 heteroatoms. The number of hydrogen-bond acceptors (Lipinski definition) is 2. The average molecular weight is 217 g/mol. The Morgan fingerprint density at radius 2 is 1.07 bits per heavy atom. The van der Waals surface area contributed by atoms with Crippen LogP contribution in [0.4, 0.5) is 4.79 Å². The minimum atomic E-state index is 0.0185. The van der Waals surface area contributed by atoms with E-state index >= 15 is 0 Å². The molecule has 0 unspecified atom stereocenters. The third-order valence-corrected chi connectivity index (χ3v) is 2.11. The summed E-state index contributed by atoms with van der Waals surface area (Å²) in [5.74, 6) is 0. The molecule has 0 heterocycles. The maximum absolute atomic E-state index is 10.7. The SMILES string of the molecule is CCN(CC)CC.CN(C)C(=O)N(C)C. The molecule has 92 valence electrons. The third-order valence-electron chi connectivity index (χ3n) is 2.11. The molecule has 0 rings (SSSR count). The van der Waals surface area contributed by atoms with E-state index in [2.05, 4.69) is 25.7 Å². The fourth-order valence-corrected chi connectivity index (χ4v) is 1.07. The molecule has 0 aliphatic heterocycles. The number of carbonyl (C=O) groups excluding carboxylic acids is 1. The second-order valence-corrected chi connectivity index (χ2v) is 3.69. The lowest BCUT2D eigenvalue weighted by Gasteiger charge is -2.16. The lowest BCUT2D eigenvalue weighted by atomic mass is 10.5. The summed E-state index contributed by atoms with van der Waals surface area (Å²) in [4.78, 5) is 16.1. The van der Waals surface area contributed by atoms with Gasteiger partial charge in [-0.3, -0.25) is 0 Å². The van der Waals surface area contributed by atoms with Crippen LogP contribution in [0.15, 0.2) is 0 Å². The molecule has 0 aromatic heterocycles. The van der Waals surface area contributed by atoms with Gasteiger partial charge in [-0.2, -0.15) is 0 Å². The number of nitrogens with zero attached hydrogens (tertiary/aromatic N) is 3. The molecule has 0 saturated carbocycles. The first-order valence-corrected chi connectivity index (χ1v) is 5.51. The molecule has 0 aromatic carbocycles. The van der Waals surface area contributed by atoms with Gasteiger partial charge in [-0.05, 0) is 19.6 Å². The van der Waals surface area contributed by atoms with Crippen LogP contribution in [0.5, 0.6) is 0 Å². The molecule has 15 heavy (non-hydrogen) atoms. The van der Waals surface area contributed by atoms with E-state index in [0.29, 0.717) is 0 Å². The average Bonchev–Trinajstić information content (AvgIpc) is 2.20. The van der Waals surface area contributed by atoms with Gasteiger partial charge < -0.3 is 14.7 Å². The van der Waals surface area contributed by atoms with E-state index in [1.54, 1.807) is 28.2 Å². The summed E-state index contributed by atoms with van der Waals surface area (Å²) in [7, 11) is 6.90. The van der Waals surface area contributed by atoms with Crippen molar-refractivity contribution in [2.24, 2.45) is 0 Å². The van der Waals surface area contributed by atoms with Crippen LogP contribution in [0, 0.1) is 0 Å². The highest BCUT2D eigenvalue weighted by molar-refractivity contribution is 5.72. The maximum Gasteiger partial charge on any atom is 0.318 e. The van der Waals surface area contributed by atoms with E-state index < -0.39 is 0 Å². The van der Waals surface area contributed by atoms with Gasteiger partial charge in [-0.1, -0.05) is 20.8 Å². The van der Waals surface area contributed by atoms with E-state index in [4.69, 9.17) is 0 Å². The van der Waals surface area contributed by atoms with Crippen molar-refractivity contribution in [3.8, 4) is 0 Å². The Labute approximate surface area is 94.8 Å². The largest absolute Gasteiger partial charge is 0.331 e. The van der Waals surface area contributed by atoms with Crippen LogP contribution in [-0.2, 0) is 0 Å². The van der Waals surface area contributed by atoms with E-state index in [-0.39, 0.29) is 6.03 Å². The molecule has 0 radical (unpaired) electrons. The number of carbonyl (C=O) groups is 1. The number of rotatable bonds is 3. The molecule has 0 aliphatic carbocycles. The molecule has 0 bridgehead atoms. The van der Waals surface area contributed by atoms with Crippen molar-refractivity contribution in [2.75, 3.05) is 47.8 Å². The van der Waals surface area contributed by atoms with Gasteiger partial charge in [0.15, 0.2) is 0 Å². The molecule has 0 saturated heterocycles. The van der Waals surface area contributed by atoms with E-state index in [0.717, 1.165) is 0 Å². The fourth-order valence-electron chi connectivity index (χ4n) is 1.07. The van der Waals surface area contributed by atoms with Crippen LogP contribution >= 0.6 is 0 Å². The highest BCUT2D eigenvalue weighted by Gasteiger charge is 2.02. The van der Waals surface area contributed by atoms with Crippen LogP contribution in [0.25, 0.3) is 0 Å². The molecule has 0 atom stereocenters. The van der Waals surface area contributed by atoms with Gasteiger partial charge in [0.2, 0.25) is 0 Å². The highest BCUT2D eigenvalue weighted by atomic mass is 16.2. The Morgan fingerprint density at radius 1 is 0.800 bits per heavy atom. The maximum atomic E-state index is 10.7. The minimum Gasteiger partial charge on any atom is -0.331 e. The lowest BCUT2D eigenvalue weighted by Crippen LogP contribution is -2.33. The van der Waals surface area contributed by atoms with Gasteiger partial charge in [0.05, 0.1) is 0 Å². The Hall–Kier alpha value is -0.770. The lowest BCUT2D eigenvalue weighted by molar-refractivity contribution is 0.191. The second-order valence-electron chi connectivity index (χ2n) is 3.69. The fraction of sp³-hybridized carbons (Fsp3) is 0.909. The molecule has 0 aromatic rings. The molecule has 0 spiro atoms. The summed E-state index contributed by atoms with van der Waals surface area (Å²) in [5, 5.41) is 0. The van der Waals surface area contributed by atoms with Crippen molar-refractivity contribution >= 4 is 6.03 Å². The predicted molar refractivity (Wildman–Crippen MR) is 66.2 cm³/mol. The Balaban J connectivity index is 0. The molecule has 0 aliphatic rings. The number of urea groups is 1. The summed E-state index contributed by atoms with van der Waals surface area (Å²) in [6.45, 7) is 10.1. The molecular weight excluding hydrogens is 190 g/mol. The van der Waals surface area contributed by atoms with Crippen LogP contribution in [0.3, 0.4) is 0 Å². The summed E-state index contributed by atoms with van der Waals surface area (Å²) < 4.78 is 0. The summed E-state index contributed by atoms with van der Waals surface area (Å²) >= 11 is 0. The first kappa shape index (κ1) is 16.7. The Kier molecular flexibility index (Phi) is 10.8. The monoisotopic (exact) mass is 217 g/mol. The third kappa shape index (κ3) is 9.53. The minimum absolute atomic E-state index is 0.0185. The van der Waals surface area contributed by atoms with Crippen LogP contribution in [-0.4, -0.2) is 68.6 Å². The van der Waals surface area contributed by atoms with E-state index in [1.165, 1.54) is 29.4 Å². The molecular formula is C11H27N3O. The zero-order valence-corrected chi connectivity index (χ0v) is 11.4. The van der Waals surface area contributed by atoms with Crippen LogP contribution in [0.1, 0.15) is 20.8 Å². The van der Waals surface area contributed by atoms with E-state index in [1.807, 2.05) is 0 Å². The predicted octanol–water partition coefficient (Wildman–Crippen LogP) is 1.58. The van der Waals surface area contributed by atoms with Crippen molar-refractivity contribution in [1.82, 2.24) is 14.7 Å². The van der Waals surface area contributed by atoms with Crippen LogP contribution in [0.2, 0.25) is 0 Å². The smallest absolute Gasteiger partial charge is 0.318 e. The van der Waals surface area contributed by atoms with Crippen molar-refractivity contribution < 1.29 is 4.79 Å². The standard InChI is InChI=1S/C6H15N.C5H12N2O/c1-4-7(5-2)6-3;1-6(2)5(8)7(3)4/h4-6H2,1-3H3;1-4H3. The van der Waals surface area contributed by atoms with Gasteiger partial charge in [-0.25, -0.2) is 4.79 Å². The summed E-state index contributed by atoms with van der Waals surface area (Å²) in [5.41, 5.74) is 0. The van der Waals surface area contributed by atoms with Gasteiger partial charge >= 0.3 is 6.03 Å². The van der Waals surface area contributed by atoms with E-state index in [9.17, 15) is 4.79 Å². The van der Waals surface area contributed by atoms with Gasteiger partial charge in [-0.15, -0.1) is 0 Å². The van der Waals surface area contributed by atoms with Crippen LogP contribution < -0.4 is 0 Å². The zero-order chi connectivity index (χ0) is 12.4. The van der Waals surface area contributed by atoms with Crippen molar-refractivity contribution in [3.63, 3.8) is 0 Å². The second kappa shape index (κ2) is 9.77.